The Balaban J connectivity index is 0.000000272. The highest BCUT2D eigenvalue weighted by molar-refractivity contribution is 5.80. The third-order valence-electron chi connectivity index (χ3n) is 6.06. The first-order valence-electron chi connectivity index (χ1n) is 12.0. The summed E-state index contributed by atoms with van der Waals surface area (Å²) < 4.78 is 0. The van der Waals surface area contributed by atoms with E-state index in [1.807, 2.05) is 32.0 Å². The molecule has 0 N–H and O–H groups in total. The molecular weight excluding hydrogens is 384 g/mol. The average Bonchev–Trinajstić information content (AvgIpc) is 2.85. The van der Waals surface area contributed by atoms with Crippen molar-refractivity contribution >= 4 is 0 Å². The monoisotopic (exact) mass is 420 g/mol. The van der Waals surface area contributed by atoms with Gasteiger partial charge in [0.25, 0.3) is 0 Å². The number of hydrogen-bond donors (Lipinski definition) is 0. The lowest BCUT2D eigenvalue weighted by Gasteiger charge is -2.23. The molecule has 0 bridgehead atoms. The average molecular weight is 421 g/mol. The van der Waals surface area contributed by atoms with Crippen LogP contribution in [0.25, 0.3) is 22.3 Å². The van der Waals surface area contributed by atoms with Crippen LogP contribution in [0.4, 0.5) is 0 Å². The van der Waals surface area contributed by atoms with E-state index in [9.17, 15) is 0 Å². The molecule has 0 heteroatoms. The number of fused-ring (bicyclic) bond motifs is 3. The molecule has 0 radical (unpaired) electrons. The number of aryl methyl sites for hydroxylation is 5. The number of rotatable bonds is 2. The van der Waals surface area contributed by atoms with Gasteiger partial charge in [0.15, 0.2) is 0 Å². The largest absolute Gasteiger partial charge is 0.0683 e. The van der Waals surface area contributed by atoms with E-state index >= 15 is 0 Å². The van der Waals surface area contributed by atoms with Crippen LogP contribution in [0.1, 0.15) is 48.6 Å². The summed E-state index contributed by atoms with van der Waals surface area (Å²) in [6, 6.07) is 32.8. The van der Waals surface area contributed by atoms with E-state index < -0.39 is 0 Å². The van der Waals surface area contributed by atoms with Crippen LogP contribution in [0.15, 0.2) is 91.0 Å². The van der Waals surface area contributed by atoms with E-state index in [1.54, 1.807) is 0 Å². The summed E-state index contributed by atoms with van der Waals surface area (Å²) in [6.45, 7) is 10.6. The number of benzene rings is 4. The first kappa shape index (κ1) is 23.5. The van der Waals surface area contributed by atoms with Crippen molar-refractivity contribution in [3.8, 4) is 22.3 Å². The maximum absolute atomic E-state index is 2.45. The Morgan fingerprint density at radius 1 is 0.562 bits per heavy atom. The van der Waals surface area contributed by atoms with Gasteiger partial charge in [-0.15, -0.1) is 0 Å². The summed E-state index contributed by atoms with van der Waals surface area (Å²) in [4.78, 5) is 0. The van der Waals surface area contributed by atoms with Gasteiger partial charge in [-0.1, -0.05) is 117 Å². The maximum Gasteiger partial charge on any atom is -0.0146 e. The van der Waals surface area contributed by atoms with Gasteiger partial charge in [0.2, 0.25) is 0 Å². The quantitative estimate of drug-likeness (QED) is 0.303. The van der Waals surface area contributed by atoms with Crippen LogP contribution in [0.3, 0.4) is 0 Å². The Hall–Kier alpha value is -3.12. The van der Waals surface area contributed by atoms with Crippen LogP contribution in [-0.2, 0) is 19.3 Å². The molecule has 0 saturated carbocycles. The predicted molar refractivity (Wildman–Crippen MR) is 141 cm³/mol. The molecular formula is C32H36. The molecule has 0 aromatic heterocycles. The lowest BCUT2D eigenvalue weighted by Crippen LogP contribution is -2.05. The highest BCUT2D eigenvalue weighted by atomic mass is 14.2. The molecule has 1 aliphatic rings. The van der Waals surface area contributed by atoms with Gasteiger partial charge in [-0.3, -0.25) is 0 Å². The van der Waals surface area contributed by atoms with E-state index in [0.29, 0.717) is 0 Å². The molecule has 0 atom stereocenters. The smallest absolute Gasteiger partial charge is 0.0146 e. The van der Waals surface area contributed by atoms with Gasteiger partial charge in [-0.2, -0.15) is 0 Å². The van der Waals surface area contributed by atoms with E-state index in [4.69, 9.17) is 0 Å². The van der Waals surface area contributed by atoms with Gasteiger partial charge in [-0.05, 0) is 77.6 Å². The summed E-state index contributed by atoms with van der Waals surface area (Å²) >= 11 is 0. The topological polar surface area (TPSA) is 0 Å². The highest BCUT2D eigenvalue weighted by Gasteiger charge is 2.18. The van der Waals surface area contributed by atoms with E-state index in [0.717, 1.165) is 19.3 Å². The van der Waals surface area contributed by atoms with Crippen molar-refractivity contribution in [3.05, 3.63) is 119 Å². The minimum absolute atomic E-state index is 1.07. The minimum Gasteiger partial charge on any atom is -0.0683 e. The second-order valence-electron chi connectivity index (χ2n) is 8.15. The summed E-state index contributed by atoms with van der Waals surface area (Å²) in [5, 5.41) is 0. The zero-order chi connectivity index (χ0) is 22.9. The van der Waals surface area contributed by atoms with Crippen molar-refractivity contribution in [2.75, 3.05) is 0 Å². The van der Waals surface area contributed by atoms with Gasteiger partial charge >= 0.3 is 0 Å². The van der Waals surface area contributed by atoms with Crippen molar-refractivity contribution in [2.45, 2.75) is 53.9 Å². The van der Waals surface area contributed by atoms with E-state index in [1.165, 1.54) is 50.1 Å². The van der Waals surface area contributed by atoms with Crippen molar-refractivity contribution in [3.63, 3.8) is 0 Å². The Morgan fingerprint density at radius 3 is 1.78 bits per heavy atom. The third-order valence-corrected chi connectivity index (χ3v) is 6.06. The fourth-order valence-corrected chi connectivity index (χ4v) is 4.37. The Bertz CT molecular complexity index is 1140. The van der Waals surface area contributed by atoms with Crippen LogP contribution in [0.2, 0.25) is 0 Å². The molecule has 0 spiro atoms. The molecule has 4 aromatic carbocycles. The zero-order valence-electron chi connectivity index (χ0n) is 20.3. The second-order valence-corrected chi connectivity index (χ2v) is 8.15. The van der Waals surface area contributed by atoms with Gasteiger partial charge in [-0.25, -0.2) is 0 Å². The van der Waals surface area contributed by atoms with Crippen molar-refractivity contribution in [1.29, 1.82) is 0 Å². The van der Waals surface area contributed by atoms with Gasteiger partial charge in [0.1, 0.15) is 0 Å². The van der Waals surface area contributed by atoms with Crippen LogP contribution in [0, 0.1) is 13.8 Å². The van der Waals surface area contributed by atoms with Crippen molar-refractivity contribution < 1.29 is 0 Å². The predicted octanol–water partition coefficient (Wildman–Crippen LogP) is 9.01. The molecule has 0 amide bonds. The fraction of sp³-hybridized carbons (Fsp3) is 0.250. The molecule has 0 nitrogen and oxygen atoms in total. The maximum atomic E-state index is 2.45. The summed E-state index contributed by atoms with van der Waals surface area (Å²) in [5.41, 5.74) is 12.8. The number of hydrogen-bond acceptors (Lipinski definition) is 0. The van der Waals surface area contributed by atoms with Crippen molar-refractivity contribution in [1.82, 2.24) is 0 Å². The lowest BCUT2D eigenvalue weighted by molar-refractivity contribution is 0.939. The molecule has 0 unspecified atom stereocenters. The lowest BCUT2D eigenvalue weighted by atomic mass is 9.81. The first-order valence-corrected chi connectivity index (χ1v) is 12.0. The van der Waals surface area contributed by atoms with E-state index in [2.05, 4.69) is 93.6 Å². The summed E-state index contributed by atoms with van der Waals surface area (Å²) in [6.07, 6.45) is 3.37. The van der Waals surface area contributed by atoms with Gasteiger partial charge < -0.3 is 0 Å². The van der Waals surface area contributed by atoms with Crippen LogP contribution < -0.4 is 0 Å². The van der Waals surface area contributed by atoms with Crippen LogP contribution in [-0.4, -0.2) is 0 Å². The Kier molecular flexibility index (Phi) is 8.45. The Morgan fingerprint density at radius 2 is 1.16 bits per heavy atom. The third kappa shape index (κ3) is 5.37. The Labute approximate surface area is 195 Å². The minimum atomic E-state index is 1.07. The first-order chi connectivity index (χ1) is 15.7. The van der Waals surface area contributed by atoms with Crippen molar-refractivity contribution in [2.24, 2.45) is 0 Å². The molecule has 32 heavy (non-hydrogen) atoms. The zero-order valence-corrected chi connectivity index (χ0v) is 20.3. The second kappa shape index (κ2) is 11.5. The van der Waals surface area contributed by atoms with E-state index in [-0.39, 0.29) is 0 Å². The molecule has 5 rings (SSSR count). The molecule has 0 heterocycles. The molecule has 1 aliphatic carbocycles. The molecule has 0 fully saturated rings. The van der Waals surface area contributed by atoms with Crippen LogP contribution in [0.5, 0.6) is 0 Å². The highest BCUT2D eigenvalue weighted by Crippen LogP contribution is 2.38. The standard InChI is InChI=1S/C23H22.C7H8.C2H6/c1-3-17-14-23-19(13-12-18-9-5-7-11-21(18)23)15-22(17)20-10-6-4-8-16(20)2;1-7-5-3-2-4-6-7;1-2/h4-11,14-15H,3,12-13H2,1-2H3;2-6H,1H3;1-2H3. The fourth-order valence-electron chi connectivity index (χ4n) is 4.37. The molecule has 4 aromatic rings. The molecule has 0 saturated heterocycles. The van der Waals surface area contributed by atoms with Gasteiger partial charge in [0, 0.05) is 0 Å². The SMILES string of the molecule is CC.CCc1cc2c(cc1-c1ccccc1C)CCc1ccccc1-2.Cc1ccccc1. The molecule has 0 aliphatic heterocycles. The summed E-state index contributed by atoms with van der Waals surface area (Å²) in [7, 11) is 0. The normalized spacial score (nSPS) is 11.2. The van der Waals surface area contributed by atoms with Gasteiger partial charge in [0.05, 0.1) is 0 Å². The van der Waals surface area contributed by atoms with Crippen LogP contribution >= 0.6 is 0 Å². The summed E-state index contributed by atoms with van der Waals surface area (Å²) in [5.74, 6) is 0. The molecule has 164 valence electrons.